The zero-order valence-electron chi connectivity index (χ0n) is 17.4. The topological polar surface area (TPSA) is 66.9 Å². The van der Waals surface area contributed by atoms with E-state index in [0.717, 1.165) is 55.4 Å². The molecule has 1 N–H and O–H groups in total. The molecule has 1 saturated heterocycles. The third-order valence-corrected chi connectivity index (χ3v) is 6.03. The van der Waals surface area contributed by atoms with E-state index >= 15 is 0 Å². The van der Waals surface area contributed by atoms with Gasteiger partial charge in [0.25, 0.3) is 0 Å². The van der Waals surface area contributed by atoms with Gasteiger partial charge in [0.2, 0.25) is 5.91 Å². The SMILES string of the molecule is COc1ccc(-c2nc(CC(=O)NCCCN3CCN(C)CC3)cs2)cc1OC. The molecule has 158 valence electrons. The maximum absolute atomic E-state index is 12.2. The fourth-order valence-electron chi connectivity index (χ4n) is 3.32. The molecule has 1 amide bonds. The van der Waals surface area contributed by atoms with Crippen molar-refractivity contribution in [2.24, 2.45) is 0 Å². The summed E-state index contributed by atoms with van der Waals surface area (Å²) in [6.45, 7) is 6.22. The zero-order valence-corrected chi connectivity index (χ0v) is 18.3. The van der Waals surface area contributed by atoms with Crippen molar-refractivity contribution in [3.05, 3.63) is 29.3 Å². The van der Waals surface area contributed by atoms with Gasteiger partial charge in [0.1, 0.15) is 5.01 Å². The second-order valence-corrected chi connectivity index (χ2v) is 8.10. The monoisotopic (exact) mass is 418 g/mol. The van der Waals surface area contributed by atoms with Crippen LogP contribution in [0.1, 0.15) is 12.1 Å². The number of aromatic nitrogens is 1. The van der Waals surface area contributed by atoms with Crippen molar-refractivity contribution in [3.8, 4) is 22.1 Å². The summed E-state index contributed by atoms with van der Waals surface area (Å²) in [5.41, 5.74) is 1.74. The van der Waals surface area contributed by atoms with Crippen molar-refractivity contribution in [1.29, 1.82) is 0 Å². The van der Waals surface area contributed by atoms with Crippen LogP contribution in [0, 0.1) is 0 Å². The first kappa shape index (κ1) is 21.5. The highest BCUT2D eigenvalue weighted by atomic mass is 32.1. The molecule has 0 saturated carbocycles. The van der Waals surface area contributed by atoms with Crippen molar-refractivity contribution in [2.75, 3.05) is 60.5 Å². The number of likely N-dealkylation sites (N-methyl/N-ethyl adjacent to an activating group) is 1. The number of methoxy groups -OCH3 is 2. The fraction of sp³-hybridized carbons (Fsp3) is 0.524. The fourth-order valence-corrected chi connectivity index (χ4v) is 4.14. The smallest absolute Gasteiger partial charge is 0.226 e. The molecule has 2 heterocycles. The van der Waals surface area contributed by atoms with E-state index in [9.17, 15) is 4.79 Å². The minimum Gasteiger partial charge on any atom is -0.493 e. The van der Waals surface area contributed by atoms with Gasteiger partial charge in [-0.1, -0.05) is 0 Å². The van der Waals surface area contributed by atoms with Crippen LogP contribution in [0.15, 0.2) is 23.6 Å². The van der Waals surface area contributed by atoms with Gasteiger partial charge in [-0.3, -0.25) is 4.79 Å². The van der Waals surface area contributed by atoms with Crippen LogP contribution >= 0.6 is 11.3 Å². The molecule has 1 aliphatic rings. The number of carbonyl (C=O) groups excluding carboxylic acids is 1. The molecule has 8 heteroatoms. The van der Waals surface area contributed by atoms with E-state index in [1.165, 1.54) is 11.3 Å². The summed E-state index contributed by atoms with van der Waals surface area (Å²) in [7, 11) is 5.39. The Kier molecular flexibility index (Phi) is 7.85. The number of rotatable bonds is 9. The lowest BCUT2D eigenvalue weighted by atomic mass is 10.2. The predicted octanol–water partition coefficient (Wildman–Crippen LogP) is 2.12. The Bertz CT molecular complexity index is 803. The van der Waals surface area contributed by atoms with Crippen molar-refractivity contribution in [3.63, 3.8) is 0 Å². The average molecular weight is 419 g/mol. The Labute approximate surface area is 176 Å². The van der Waals surface area contributed by atoms with Gasteiger partial charge in [0, 0.05) is 43.7 Å². The van der Waals surface area contributed by atoms with Gasteiger partial charge < -0.3 is 24.6 Å². The van der Waals surface area contributed by atoms with Crippen LogP contribution in [0.2, 0.25) is 0 Å². The Morgan fingerprint density at radius 1 is 1.17 bits per heavy atom. The van der Waals surface area contributed by atoms with Gasteiger partial charge >= 0.3 is 0 Å². The van der Waals surface area contributed by atoms with Crippen LogP contribution in [0.25, 0.3) is 10.6 Å². The largest absolute Gasteiger partial charge is 0.493 e. The summed E-state index contributed by atoms with van der Waals surface area (Å²) >= 11 is 1.53. The van der Waals surface area contributed by atoms with Crippen molar-refractivity contribution in [2.45, 2.75) is 12.8 Å². The van der Waals surface area contributed by atoms with E-state index in [1.807, 2.05) is 23.6 Å². The van der Waals surface area contributed by atoms with Crippen molar-refractivity contribution >= 4 is 17.2 Å². The third-order valence-electron chi connectivity index (χ3n) is 5.09. The molecular formula is C21H30N4O3S. The molecule has 0 atom stereocenters. The number of hydrogen-bond donors (Lipinski definition) is 1. The van der Waals surface area contributed by atoms with Gasteiger partial charge in [-0.05, 0) is 38.2 Å². The first-order chi connectivity index (χ1) is 14.1. The maximum Gasteiger partial charge on any atom is 0.226 e. The highest BCUT2D eigenvalue weighted by Gasteiger charge is 2.14. The molecule has 2 aromatic rings. The van der Waals surface area contributed by atoms with Gasteiger partial charge in [0.15, 0.2) is 11.5 Å². The molecule has 0 bridgehead atoms. The third kappa shape index (κ3) is 6.16. The van der Waals surface area contributed by atoms with Crippen molar-refractivity contribution in [1.82, 2.24) is 20.1 Å². The first-order valence-corrected chi connectivity index (χ1v) is 10.8. The van der Waals surface area contributed by atoms with Crippen LogP contribution in [0.3, 0.4) is 0 Å². The lowest BCUT2D eigenvalue weighted by Gasteiger charge is -2.32. The summed E-state index contributed by atoms with van der Waals surface area (Å²) in [6.07, 6.45) is 1.28. The van der Waals surface area contributed by atoms with Crippen LogP contribution in [0.4, 0.5) is 0 Å². The van der Waals surface area contributed by atoms with E-state index in [4.69, 9.17) is 9.47 Å². The van der Waals surface area contributed by atoms with Gasteiger partial charge in [-0.15, -0.1) is 11.3 Å². The molecule has 0 radical (unpaired) electrons. The summed E-state index contributed by atoms with van der Waals surface area (Å²) in [6, 6.07) is 5.71. The Morgan fingerprint density at radius 3 is 2.66 bits per heavy atom. The maximum atomic E-state index is 12.2. The Balaban J connectivity index is 1.44. The highest BCUT2D eigenvalue weighted by molar-refractivity contribution is 7.13. The molecule has 7 nitrogen and oxygen atoms in total. The van der Waals surface area contributed by atoms with Gasteiger partial charge in [-0.2, -0.15) is 0 Å². The number of hydrogen-bond acceptors (Lipinski definition) is 7. The number of ether oxygens (including phenoxy) is 2. The Morgan fingerprint density at radius 2 is 1.93 bits per heavy atom. The molecule has 1 aromatic carbocycles. The second-order valence-electron chi connectivity index (χ2n) is 7.24. The summed E-state index contributed by atoms with van der Waals surface area (Å²) < 4.78 is 10.6. The number of nitrogens with zero attached hydrogens (tertiary/aromatic N) is 3. The first-order valence-electron chi connectivity index (χ1n) is 9.93. The van der Waals surface area contributed by atoms with E-state index in [1.54, 1.807) is 14.2 Å². The average Bonchev–Trinajstić information content (AvgIpc) is 3.20. The lowest BCUT2D eigenvalue weighted by molar-refractivity contribution is -0.120. The number of amides is 1. The molecule has 29 heavy (non-hydrogen) atoms. The normalized spacial score (nSPS) is 15.3. The number of thiazole rings is 1. The Hall–Kier alpha value is -2.16. The van der Waals surface area contributed by atoms with E-state index in [-0.39, 0.29) is 5.91 Å². The van der Waals surface area contributed by atoms with Gasteiger partial charge in [0.05, 0.1) is 26.3 Å². The molecule has 0 aliphatic carbocycles. The molecule has 1 aromatic heterocycles. The van der Waals surface area contributed by atoms with E-state index in [0.29, 0.717) is 24.5 Å². The molecule has 0 spiro atoms. The zero-order chi connectivity index (χ0) is 20.6. The lowest BCUT2D eigenvalue weighted by Crippen LogP contribution is -2.45. The minimum absolute atomic E-state index is 0.0209. The van der Waals surface area contributed by atoms with Crippen LogP contribution in [0.5, 0.6) is 11.5 Å². The number of carbonyl (C=O) groups is 1. The highest BCUT2D eigenvalue weighted by Crippen LogP contribution is 2.33. The van der Waals surface area contributed by atoms with Crippen LogP contribution < -0.4 is 14.8 Å². The predicted molar refractivity (Wildman–Crippen MR) is 116 cm³/mol. The van der Waals surface area contributed by atoms with Crippen molar-refractivity contribution < 1.29 is 14.3 Å². The summed E-state index contributed by atoms with van der Waals surface area (Å²) in [5.74, 6) is 1.37. The molecule has 1 fully saturated rings. The molecule has 1 aliphatic heterocycles. The number of nitrogens with one attached hydrogen (secondary N) is 1. The summed E-state index contributed by atoms with van der Waals surface area (Å²) in [4.78, 5) is 21.7. The molecule has 3 rings (SSSR count). The molecular weight excluding hydrogens is 388 g/mol. The quantitative estimate of drug-likeness (QED) is 0.630. The van der Waals surface area contributed by atoms with Gasteiger partial charge in [-0.25, -0.2) is 4.98 Å². The second kappa shape index (κ2) is 10.6. The van der Waals surface area contributed by atoms with E-state index < -0.39 is 0 Å². The van der Waals surface area contributed by atoms with Crippen LogP contribution in [-0.4, -0.2) is 81.2 Å². The number of piperazine rings is 1. The van der Waals surface area contributed by atoms with Crippen LogP contribution in [-0.2, 0) is 11.2 Å². The standard InChI is InChI=1S/C21H30N4O3S/c1-24-9-11-25(12-10-24)8-4-7-22-20(26)14-17-15-29-21(23-17)16-5-6-18(27-2)19(13-16)28-3/h5-6,13,15H,4,7-12,14H2,1-3H3,(H,22,26). The number of benzene rings is 1. The summed E-state index contributed by atoms with van der Waals surface area (Å²) in [5, 5.41) is 5.82. The minimum atomic E-state index is 0.0209. The molecule has 0 unspecified atom stereocenters. The van der Waals surface area contributed by atoms with E-state index in [2.05, 4.69) is 27.1 Å².